The van der Waals surface area contributed by atoms with Crippen LogP contribution in [0.25, 0.3) is 0 Å². The fourth-order valence-corrected chi connectivity index (χ4v) is 3.70. The van der Waals surface area contributed by atoms with Crippen molar-refractivity contribution in [3.63, 3.8) is 0 Å². The van der Waals surface area contributed by atoms with Gasteiger partial charge in [0.05, 0.1) is 17.9 Å². The highest BCUT2D eigenvalue weighted by atomic mass is 16.5. The molecule has 1 atom stereocenters. The standard InChI is InChI=1S/C19H28N2O4/c1-3-17(25-15-6-4-5-7-15)19(23)21-11-9-20(10-12-21)18(22)16-8-13-24-14(16)2/h8,13,15,17H,3-7,9-12H2,1-2H3/t17-/m1/s1. The fourth-order valence-electron chi connectivity index (χ4n) is 3.70. The van der Waals surface area contributed by atoms with Gasteiger partial charge in [0.1, 0.15) is 11.9 Å². The number of rotatable bonds is 5. The lowest BCUT2D eigenvalue weighted by Gasteiger charge is -2.36. The second-order valence-corrected chi connectivity index (χ2v) is 6.95. The number of ether oxygens (including phenoxy) is 1. The van der Waals surface area contributed by atoms with Gasteiger partial charge in [-0.05, 0) is 32.3 Å². The zero-order chi connectivity index (χ0) is 17.8. The Morgan fingerprint density at radius 3 is 2.40 bits per heavy atom. The summed E-state index contributed by atoms with van der Waals surface area (Å²) in [5.41, 5.74) is 0.607. The van der Waals surface area contributed by atoms with E-state index in [1.54, 1.807) is 17.9 Å². The summed E-state index contributed by atoms with van der Waals surface area (Å²) >= 11 is 0. The quantitative estimate of drug-likeness (QED) is 0.820. The number of furan rings is 1. The van der Waals surface area contributed by atoms with Gasteiger partial charge in [0, 0.05) is 26.2 Å². The summed E-state index contributed by atoms with van der Waals surface area (Å²) in [5, 5.41) is 0. The molecule has 138 valence electrons. The van der Waals surface area contributed by atoms with E-state index in [-0.39, 0.29) is 24.0 Å². The highest BCUT2D eigenvalue weighted by Crippen LogP contribution is 2.24. The molecule has 1 aromatic heterocycles. The van der Waals surface area contributed by atoms with Crippen LogP contribution in [0, 0.1) is 6.92 Å². The lowest BCUT2D eigenvalue weighted by atomic mass is 10.1. The minimum absolute atomic E-state index is 0.0207. The van der Waals surface area contributed by atoms with Gasteiger partial charge in [-0.1, -0.05) is 19.8 Å². The molecule has 1 saturated carbocycles. The maximum Gasteiger partial charge on any atom is 0.257 e. The minimum atomic E-state index is -0.346. The molecule has 1 aromatic rings. The number of hydrogen-bond donors (Lipinski definition) is 0. The molecule has 0 N–H and O–H groups in total. The van der Waals surface area contributed by atoms with Crippen LogP contribution < -0.4 is 0 Å². The second kappa shape index (κ2) is 8.04. The van der Waals surface area contributed by atoms with E-state index in [1.165, 1.54) is 19.1 Å². The van der Waals surface area contributed by atoms with Gasteiger partial charge in [-0.3, -0.25) is 9.59 Å². The van der Waals surface area contributed by atoms with Crippen molar-refractivity contribution in [1.29, 1.82) is 0 Å². The number of carbonyl (C=O) groups is 2. The highest BCUT2D eigenvalue weighted by Gasteiger charge is 2.31. The molecule has 2 aliphatic rings. The predicted molar refractivity (Wildman–Crippen MR) is 93.3 cm³/mol. The lowest BCUT2D eigenvalue weighted by Crippen LogP contribution is -2.53. The van der Waals surface area contributed by atoms with Crippen LogP contribution in [0.1, 0.15) is 55.1 Å². The zero-order valence-electron chi connectivity index (χ0n) is 15.2. The molecule has 2 heterocycles. The number of nitrogens with zero attached hydrogens (tertiary/aromatic N) is 2. The van der Waals surface area contributed by atoms with Gasteiger partial charge in [0.2, 0.25) is 0 Å². The SMILES string of the molecule is CC[C@@H](OC1CCCC1)C(=O)N1CCN(C(=O)c2ccoc2C)CC1. The van der Waals surface area contributed by atoms with Crippen molar-refractivity contribution in [2.75, 3.05) is 26.2 Å². The number of carbonyl (C=O) groups excluding carboxylic acids is 2. The molecule has 25 heavy (non-hydrogen) atoms. The van der Waals surface area contributed by atoms with E-state index in [0.29, 0.717) is 43.9 Å². The summed E-state index contributed by atoms with van der Waals surface area (Å²) in [4.78, 5) is 28.9. The van der Waals surface area contributed by atoms with Crippen molar-refractivity contribution in [1.82, 2.24) is 9.80 Å². The molecule has 1 aliphatic carbocycles. The first kappa shape index (κ1) is 18.0. The molecule has 0 bridgehead atoms. The summed E-state index contributed by atoms with van der Waals surface area (Å²) in [6, 6.07) is 1.71. The zero-order valence-corrected chi connectivity index (χ0v) is 15.2. The van der Waals surface area contributed by atoms with Gasteiger partial charge in [-0.25, -0.2) is 0 Å². The normalized spacial score (nSPS) is 20.1. The van der Waals surface area contributed by atoms with Crippen LogP contribution in [-0.2, 0) is 9.53 Å². The first-order chi connectivity index (χ1) is 12.1. The average Bonchev–Trinajstić information content (AvgIpc) is 3.30. The average molecular weight is 348 g/mol. The van der Waals surface area contributed by atoms with Crippen molar-refractivity contribution >= 4 is 11.8 Å². The van der Waals surface area contributed by atoms with Crippen molar-refractivity contribution in [3.8, 4) is 0 Å². The molecule has 2 amide bonds. The summed E-state index contributed by atoms with van der Waals surface area (Å²) < 4.78 is 11.3. The topological polar surface area (TPSA) is 63.0 Å². The Bertz CT molecular complexity index is 598. The molecule has 1 saturated heterocycles. The predicted octanol–water partition coefficient (Wildman–Crippen LogP) is 2.61. The number of aryl methyl sites for hydroxylation is 1. The van der Waals surface area contributed by atoms with Crippen LogP contribution in [-0.4, -0.2) is 60.0 Å². The lowest BCUT2D eigenvalue weighted by molar-refractivity contribution is -0.149. The van der Waals surface area contributed by atoms with Gasteiger partial charge >= 0.3 is 0 Å². The molecular formula is C19H28N2O4. The largest absolute Gasteiger partial charge is 0.469 e. The van der Waals surface area contributed by atoms with Gasteiger partial charge in [-0.2, -0.15) is 0 Å². The highest BCUT2D eigenvalue weighted by molar-refractivity contribution is 5.95. The molecule has 2 fully saturated rings. The maximum atomic E-state index is 12.8. The smallest absolute Gasteiger partial charge is 0.257 e. The minimum Gasteiger partial charge on any atom is -0.469 e. The van der Waals surface area contributed by atoms with Crippen LogP contribution in [0.3, 0.4) is 0 Å². The monoisotopic (exact) mass is 348 g/mol. The van der Waals surface area contributed by atoms with Crippen molar-refractivity contribution in [2.24, 2.45) is 0 Å². The van der Waals surface area contributed by atoms with Crippen LogP contribution in [0.5, 0.6) is 0 Å². The first-order valence-corrected chi connectivity index (χ1v) is 9.37. The van der Waals surface area contributed by atoms with E-state index < -0.39 is 0 Å². The molecule has 0 radical (unpaired) electrons. The summed E-state index contributed by atoms with van der Waals surface area (Å²) in [5.74, 6) is 0.688. The van der Waals surface area contributed by atoms with Crippen molar-refractivity contribution in [3.05, 3.63) is 23.7 Å². The van der Waals surface area contributed by atoms with E-state index in [9.17, 15) is 9.59 Å². The van der Waals surface area contributed by atoms with Crippen LogP contribution in [0.2, 0.25) is 0 Å². The van der Waals surface area contributed by atoms with Gasteiger partial charge in [-0.15, -0.1) is 0 Å². The molecule has 1 aliphatic heterocycles. The molecule has 3 rings (SSSR count). The van der Waals surface area contributed by atoms with Gasteiger partial charge in [0.25, 0.3) is 11.8 Å². The van der Waals surface area contributed by atoms with E-state index in [4.69, 9.17) is 9.15 Å². The Kier molecular flexibility index (Phi) is 5.78. The molecule has 6 heteroatoms. The van der Waals surface area contributed by atoms with E-state index in [2.05, 4.69) is 0 Å². The van der Waals surface area contributed by atoms with E-state index >= 15 is 0 Å². The van der Waals surface area contributed by atoms with Gasteiger partial charge in [0.15, 0.2) is 0 Å². The molecule has 0 spiro atoms. The third kappa shape index (κ3) is 4.06. The van der Waals surface area contributed by atoms with Crippen molar-refractivity contribution in [2.45, 2.75) is 58.2 Å². The fraction of sp³-hybridized carbons (Fsp3) is 0.684. The van der Waals surface area contributed by atoms with E-state index in [1.807, 2.05) is 11.8 Å². The first-order valence-electron chi connectivity index (χ1n) is 9.37. The Labute approximate surface area is 149 Å². The summed E-state index contributed by atoms with van der Waals surface area (Å²) in [7, 11) is 0. The Morgan fingerprint density at radius 2 is 1.84 bits per heavy atom. The summed E-state index contributed by atoms with van der Waals surface area (Å²) in [6.07, 6.45) is 6.65. The van der Waals surface area contributed by atoms with Crippen LogP contribution in [0.15, 0.2) is 16.7 Å². The molecule has 0 aromatic carbocycles. The van der Waals surface area contributed by atoms with Crippen LogP contribution >= 0.6 is 0 Å². The Hall–Kier alpha value is -1.82. The Balaban J connectivity index is 1.53. The van der Waals surface area contributed by atoms with E-state index in [0.717, 1.165) is 12.8 Å². The summed E-state index contributed by atoms with van der Waals surface area (Å²) in [6.45, 7) is 6.01. The number of piperazine rings is 1. The maximum absolute atomic E-state index is 12.8. The third-order valence-electron chi connectivity index (χ3n) is 5.27. The molecule has 0 unspecified atom stereocenters. The number of amides is 2. The van der Waals surface area contributed by atoms with Crippen LogP contribution in [0.4, 0.5) is 0 Å². The number of hydrogen-bond acceptors (Lipinski definition) is 4. The third-order valence-corrected chi connectivity index (χ3v) is 5.27. The molecular weight excluding hydrogens is 320 g/mol. The van der Waals surface area contributed by atoms with Gasteiger partial charge < -0.3 is 19.0 Å². The Morgan fingerprint density at radius 1 is 1.20 bits per heavy atom. The second-order valence-electron chi connectivity index (χ2n) is 6.95. The van der Waals surface area contributed by atoms with Crippen molar-refractivity contribution < 1.29 is 18.7 Å². The molecule has 6 nitrogen and oxygen atoms in total.